The molecule has 0 spiro atoms. The molecule has 4 saturated heterocycles. The first kappa shape index (κ1) is 85.9. The van der Waals surface area contributed by atoms with Crippen LogP contribution in [-0.2, 0) is 0 Å². The van der Waals surface area contributed by atoms with Crippen LogP contribution < -0.4 is 10.2 Å². The summed E-state index contributed by atoms with van der Waals surface area (Å²) in [7, 11) is 0. The molecule has 24 rings (SSSR count). The number of rotatable bonds is 17. The highest BCUT2D eigenvalue weighted by atomic mass is 35.5. The van der Waals surface area contributed by atoms with Gasteiger partial charge in [0.15, 0.2) is 11.6 Å². The molecule has 8 aromatic heterocycles. The number of piperazine rings is 1. The fourth-order valence-corrected chi connectivity index (χ4v) is 21.7. The molecule has 8 aliphatic rings. The summed E-state index contributed by atoms with van der Waals surface area (Å²) in [6, 6.07) is 47.2. The Morgan fingerprint density at radius 3 is 1.18 bits per heavy atom. The molecule has 4 aliphatic heterocycles. The number of halogens is 8. The van der Waals surface area contributed by atoms with E-state index in [1.807, 2.05) is 73.2 Å². The smallest absolute Gasteiger partial charge is 0.251 e. The molecule has 672 valence electrons. The van der Waals surface area contributed by atoms with Gasteiger partial charge in [-0.1, -0.05) is 30.9 Å². The maximum atomic E-state index is 13.9. The number of amides is 1. The minimum Gasteiger partial charge on any atom is -0.368 e. The van der Waals surface area contributed by atoms with E-state index in [-0.39, 0.29) is 59.2 Å². The topological polar surface area (TPSA) is 212 Å². The van der Waals surface area contributed by atoms with Crippen molar-refractivity contribution in [1.82, 2.24) is 84.7 Å². The zero-order chi connectivity index (χ0) is 89.1. The summed E-state index contributed by atoms with van der Waals surface area (Å²) in [4.78, 5) is 75.5. The zero-order valence-corrected chi connectivity index (χ0v) is 73.8. The molecule has 5 N–H and O–H groups in total. The van der Waals surface area contributed by atoms with Crippen LogP contribution in [0.5, 0.6) is 0 Å². The highest BCUT2D eigenvalue weighted by molar-refractivity contribution is 6.31. The number of likely N-dealkylation sites (tertiary alicyclic amines) is 3. The van der Waals surface area contributed by atoms with E-state index in [1.165, 1.54) is 98.5 Å². The normalized spacial score (nSPS) is 19.0. The number of pyridine rings is 4. The number of benzene rings is 8. The number of piperidine rings is 3. The molecule has 4 atom stereocenters. The Bertz CT molecular complexity index is 6640. The quantitative estimate of drug-likeness (QED) is 0.0537. The van der Waals surface area contributed by atoms with Crippen LogP contribution in [0.25, 0.3) is 87.7 Å². The monoisotopic (exact) mass is 1790 g/mol. The number of aromatic amines is 4. The average molecular weight is 1790 g/mol. The molecule has 12 heterocycles. The third-order valence-electron chi connectivity index (χ3n) is 28.8. The van der Waals surface area contributed by atoms with Crippen molar-refractivity contribution in [3.8, 4) is 0 Å². The number of nitrogens with zero attached hydrogens (tertiary/aromatic N) is 13. The molecule has 16 aromatic rings. The molecule has 4 saturated carbocycles. The second kappa shape index (κ2) is 37.1. The van der Waals surface area contributed by atoms with Crippen LogP contribution in [0.3, 0.4) is 0 Å². The van der Waals surface area contributed by atoms with E-state index in [1.54, 1.807) is 60.8 Å². The summed E-state index contributed by atoms with van der Waals surface area (Å²) in [6.45, 7) is 11.3. The number of fused-ring (bicyclic) bond motifs is 8. The number of anilines is 1. The number of carbonyl (C=O) groups is 1. The van der Waals surface area contributed by atoms with Crippen molar-refractivity contribution in [2.24, 2.45) is 17.8 Å². The van der Waals surface area contributed by atoms with Crippen molar-refractivity contribution in [3.63, 3.8) is 0 Å². The average Bonchev–Trinajstić information content (AvgIpc) is 1.64. The minimum atomic E-state index is -0.875. The SMILES string of the molecule is C[C@H](c1nc2ccc(C(=O)NC3CCCCC3)cc2[nH]1)N1CCN(c2ccnc3ccc(F)cc23)CC1.Fc1ccc2nc([C@@H](C3CC3)N3CCC(c4ccnc5ccc(F)cc45)CC3)[nH]c2c1.Fc1ccc2nccc(C3CCN([C@@H](c4nc5cc(F)c(F)cc5[nH]4)C4CC4)CC3)c2c1.Fc1ccc2nccc(C3CCN([C@@H](c4nc5ccc(Cl)cc5[nH]4)C4CC4)CC3)c2c1. The van der Waals surface area contributed by atoms with Gasteiger partial charge in [-0.15, -0.1) is 0 Å². The molecule has 19 nitrogen and oxygen atoms in total. The van der Waals surface area contributed by atoms with Crippen LogP contribution in [0.2, 0.25) is 5.02 Å². The number of hydrogen-bond acceptors (Lipinski definition) is 14. The van der Waals surface area contributed by atoms with Crippen molar-refractivity contribution < 1.29 is 35.5 Å². The first-order valence-electron chi connectivity index (χ1n) is 46.8. The lowest BCUT2D eigenvalue weighted by Gasteiger charge is -2.38. The number of carbonyl (C=O) groups excluding carboxylic acids is 1. The molecule has 8 aromatic carbocycles. The maximum absolute atomic E-state index is 13.9. The molecular weight excluding hydrogens is 1690 g/mol. The Balaban J connectivity index is 0.000000106. The highest BCUT2D eigenvalue weighted by Gasteiger charge is 2.44. The Kier molecular flexibility index (Phi) is 24.3. The van der Waals surface area contributed by atoms with Gasteiger partial charge in [-0.2, -0.15) is 0 Å². The van der Waals surface area contributed by atoms with Crippen LogP contribution >= 0.6 is 11.6 Å². The molecule has 4 aliphatic carbocycles. The van der Waals surface area contributed by atoms with Gasteiger partial charge in [-0.05, 0) is 340 Å². The third kappa shape index (κ3) is 18.7. The van der Waals surface area contributed by atoms with Crippen molar-refractivity contribution in [2.45, 2.75) is 164 Å². The summed E-state index contributed by atoms with van der Waals surface area (Å²) in [5.74, 6) is 3.81. The van der Waals surface area contributed by atoms with E-state index in [9.17, 15) is 35.5 Å². The predicted octanol–water partition coefficient (Wildman–Crippen LogP) is 23.0. The molecular formula is C104H104ClF7N18O. The standard InChI is InChI=1S/C29H33FN6O.C25H24ClFN4.C25H23F3N4.C25H24F2N4/c1-19(35-13-15-36(16-14-35)27-11-12-31-24-10-8-21(30)18-23(24)27)28-33-25-9-7-20(17-26(25)34-28)29(37)32-22-5-3-2-4-6-22;26-17-3-5-22-23(13-17)30-25(29-22)24(16-1-2-16)31-11-8-15(9-12-31)19-7-10-28-21-6-4-18(27)14-20(19)21;26-16-3-4-21-18(11-16)17(5-8-29-21)14-6-9-32(10-7-14)24(15-1-2-15)25-30-22-12-19(27)20(28)13-23(22)31-25;26-17-3-5-21-20(13-17)19(7-10-28-21)15-8-11-31(12-9-15)24(16-1-2-16)25-29-22-6-4-18(27)14-23(22)30-25/h7-12,17-19,22H,2-6,13-16H2,1H3,(H,32,37)(H,33,34);3-7,10,13-16,24H,1-2,8-9,11-12H2,(H,29,30);3-5,8,11-15,24H,1-2,6-7,9-10H2,(H,30,31);3-7,10,13-16,24H,1-2,8-9,11-12H2,(H,29,30)/t19-;3*24-/m1111/s1. The van der Waals surface area contributed by atoms with E-state index in [2.05, 4.69) is 87.7 Å². The van der Waals surface area contributed by atoms with Gasteiger partial charge in [0.2, 0.25) is 0 Å². The van der Waals surface area contributed by atoms with E-state index >= 15 is 0 Å². The van der Waals surface area contributed by atoms with E-state index < -0.39 is 11.6 Å². The summed E-state index contributed by atoms with van der Waals surface area (Å²) in [6.07, 6.45) is 26.4. The first-order chi connectivity index (χ1) is 63.9. The lowest BCUT2D eigenvalue weighted by molar-refractivity contribution is 0.0927. The van der Waals surface area contributed by atoms with Gasteiger partial charge in [-0.3, -0.25) is 44.3 Å². The summed E-state index contributed by atoms with van der Waals surface area (Å²) < 4.78 is 96.5. The number of hydrogen-bond donors (Lipinski definition) is 5. The van der Waals surface area contributed by atoms with Crippen LogP contribution in [0, 0.1) is 58.5 Å². The van der Waals surface area contributed by atoms with Crippen molar-refractivity contribution in [1.29, 1.82) is 0 Å². The van der Waals surface area contributed by atoms with Gasteiger partial charge in [-0.25, -0.2) is 50.7 Å². The van der Waals surface area contributed by atoms with Gasteiger partial charge in [0.05, 0.1) is 90.4 Å². The van der Waals surface area contributed by atoms with Gasteiger partial charge in [0.1, 0.15) is 52.4 Å². The summed E-state index contributed by atoms with van der Waals surface area (Å²) in [5, 5.41) is 7.56. The lowest BCUT2D eigenvalue weighted by atomic mass is 9.86. The molecule has 0 bridgehead atoms. The second-order valence-electron chi connectivity index (χ2n) is 37.3. The minimum absolute atomic E-state index is 0.00219. The molecule has 0 unspecified atom stereocenters. The molecule has 27 heteroatoms. The Morgan fingerprint density at radius 1 is 0.351 bits per heavy atom. The van der Waals surface area contributed by atoms with E-state index in [4.69, 9.17) is 26.6 Å². The number of imidazole rings is 4. The largest absolute Gasteiger partial charge is 0.368 e. The second-order valence-corrected chi connectivity index (χ2v) is 37.7. The van der Waals surface area contributed by atoms with E-state index in [0.717, 1.165) is 252 Å². The molecule has 8 fully saturated rings. The molecule has 0 radical (unpaired) electrons. The van der Waals surface area contributed by atoms with Gasteiger partial charge < -0.3 is 30.2 Å². The molecule has 131 heavy (non-hydrogen) atoms. The Labute approximate surface area is 758 Å². The van der Waals surface area contributed by atoms with Crippen LogP contribution in [0.15, 0.2) is 189 Å². The number of nitrogens with one attached hydrogen (secondary N) is 5. The predicted molar refractivity (Wildman–Crippen MR) is 500 cm³/mol. The first-order valence-corrected chi connectivity index (χ1v) is 47.1. The van der Waals surface area contributed by atoms with Gasteiger partial charge in [0, 0.05) is 107 Å². The zero-order valence-electron chi connectivity index (χ0n) is 73.1. The maximum Gasteiger partial charge on any atom is 0.251 e. The number of H-pyrrole nitrogens is 4. The van der Waals surface area contributed by atoms with Crippen LogP contribution in [0.1, 0.15) is 208 Å². The summed E-state index contributed by atoms with van der Waals surface area (Å²) in [5.41, 5.74) is 15.0. The Hall–Kier alpha value is -11.8. The van der Waals surface area contributed by atoms with E-state index in [0.29, 0.717) is 58.1 Å². The fourth-order valence-electron chi connectivity index (χ4n) is 21.5. The highest BCUT2D eigenvalue weighted by Crippen LogP contribution is 2.50. The Morgan fingerprint density at radius 2 is 0.718 bits per heavy atom. The van der Waals surface area contributed by atoms with Gasteiger partial charge in [0.25, 0.3) is 5.91 Å². The van der Waals surface area contributed by atoms with Gasteiger partial charge >= 0.3 is 0 Å². The summed E-state index contributed by atoms with van der Waals surface area (Å²) >= 11 is 6.17. The third-order valence-corrected chi connectivity index (χ3v) is 29.0. The number of aromatic nitrogens is 12. The van der Waals surface area contributed by atoms with Crippen LogP contribution in [-0.4, -0.2) is 157 Å². The molecule has 1 amide bonds. The van der Waals surface area contributed by atoms with Crippen molar-refractivity contribution >= 4 is 111 Å². The van der Waals surface area contributed by atoms with Crippen molar-refractivity contribution in [3.05, 3.63) is 280 Å². The van der Waals surface area contributed by atoms with Crippen molar-refractivity contribution in [2.75, 3.05) is 70.3 Å². The fraction of sp³-hybridized carbons (Fsp3) is 0.375. The van der Waals surface area contributed by atoms with Crippen LogP contribution in [0.4, 0.5) is 36.4 Å². The lowest BCUT2D eigenvalue weighted by Crippen LogP contribution is -2.47.